The van der Waals surface area contributed by atoms with E-state index < -0.39 is 6.10 Å². The Labute approximate surface area is 107 Å². The fraction of sp³-hybridized carbons (Fsp3) is 0.467. The van der Waals surface area contributed by atoms with E-state index in [1.165, 1.54) is 18.4 Å². The lowest BCUT2D eigenvalue weighted by atomic mass is 9.98. The van der Waals surface area contributed by atoms with Gasteiger partial charge < -0.3 is 14.8 Å². The van der Waals surface area contributed by atoms with Gasteiger partial charge in [-0.15, -0.1) is 0 Å². The predicted molar refractivity (Wildman–Crippen MR) is 71.6 cm³/mol. The lowest BCUT2D eigenvalue weighted by Crippen LogP contribution is -2.38. The van der Waals surface area contributed by atoms with Crippen LogP contribution in [-0.4, -0.2) is 17.7 Å². The summed E-state index contributed by atoms with van der Waals surface area (Å²) in [4.78, 5) is 0. The van der Waals surface area contributed by atoms with Crippen molar-refractivity contribution < 1.29 is 9.52 Å². The van der Waals surface area contributed by atoms with Crippen LogP contribution in [0.4, 0.5) is 0 Å². The van der Waals surface area contributed by atoms with Gasteiger partial charge in [-0.2, -0.15) is 0 Å². The number of aliphatic hydroxyl groups excluding tert-OH is 1. The van der Waals surface area contributed by atoms with E-state index >= 15 is 0 Å². The molecule has 2 atom stereocenters. The molecule has 3 heteroatoms. The Kier molecular flexibility index (Phi) is 3.10. The van der Waals surface area contributed by atoms with Crippen LogP contribution in [0.25, 0.3) is 11.0 Å². The minimum atomic E-state index is -0.544. The summed E-state index contributed by atoms with van der Waals surface area (Å²) in [5.41, 5.74) is 2.06. The second-order valence-corrected chi connectivity index (χ2v) is 5.19. The molecule has 2 unspecified atom stereocenters. The Morgan fingerprint density at radius 3 is 3.00 bits per heavy atom. The molecule has 0 spiro atoms. The summed E-state index contributed by atoms with van der Waals surface area (Å²) in [6, 6.07) is 8.17. The van der Waals surface area contributed by atoms with E-state index in [-0.39, 0.29) is 6.04 Å². The number of aliphatic hydroxyl groups is 1. The van der Waals surface area contributed by atoms with Gasteiger partial charge in [-0.3, -0.25) is 0 Å². The van der Waals surface area contributed by atoms with Crippen LogP contribution in [0.15, 0.2) is 28.7 Å². The number of furan rings is 1. The minimum Gasteiger partial charge on any atom is -0.458 e. The average Bonchev–Trinajstić information content (AvgIpc) is 2.81. The number of benzene rings is 1. The van der Waals surface area contributed by atoms with Crippen molar-refractivity contribution in [1.82, 2.24) is 5.32 Å². The molecule has 1 aliphatic rings. The van der Waals surface area contributed by atoms with Crippen molar-refractivity contribution >= 4 is 11.0 Å². The summed E-state index contributed by atoms with van der Waals surface area (Å²) in [5, 5.41) is 14.8. The molecule has 1 aromatic carbocycles. The zero-order valence-corrected chi connectivity index (χ0v) is 10.6. The first-order chi connectivity index (χ1) is 8.74. The van der Waals surface area contributed by atoms with Crippen LogP contribution >= 0.6 is 0 Å². The van der Waals surface area contributed by atoms with Gasteiger partial charge >= 0.3 is 0 Å². The molecule has 0 radical (unpaired) electrons. The first kappa shape index (κ1) is 11.8. The van der Waals surface area contributed by atoms with Crippen LogP contribution in [0.1, 0.15) is 36.7 Å². The van der Waals surface area contributed by atoms with Crippen molar-refractivity contribution in [2.45, 2.75) is 38.3 Å². The van der Waals surface area contributed by atoms with Crippen molar-refractivity contribution in [3.8, 4) is 0 Å². The quantitative estimate of drug-likeness (QED) is 0.855. The Morgan fingerprint density at radius 2 is 2.22 bits per heavy atom. The molecule has 0 aliphatic carbocycles. The minimum absolute atomic E-state index is 0.125. The van der Waals surface area contributed by atoms with Gasteiger partial charge in [0, 0.05) is 11.4 Å². The van der Waals surface area contributed by atoms with Crippen LogP contribution in [0.5, 0.6) is 0 Å². The van der Waals surface area contributed by atoms with Gasteiger partial charge in [-0.1, -0.05) is 18.1 Å². The summed E-state index contributed by atoms with van der Waals surface area (Å²) < 4.78 is 5.75. The zero-order valence-electron chi connectivity index (χ0n) is 10.6. The molecule has 0 saturated carbocycles. The lowest BCUT2D eigenvalue weighted by molar-refractivity contribution is 0.0941. The van der Waals surface area contributed by atoms with Crippen molar-refractivity contribution in [1.29, 1.82) is 0 Å². The molecule has 1 aliphatic heterocycles. The summed E-state index contributed by atoms with van der Waals surface area (Å²) in [5.74, 6) is 0.676. The van der Waals surface area contributed by atoms with E-state index in [1.54, 1.807) is 0 Å². The van der Waals surface area contributed by atoms with Gasteiger partial charge in [0.25, 0.3) is 0 Å². The van der Waals surface area contributed by atoms with Crippen LogP contribution in [0.3, 0.4) is 0 Å². The molecular weight excluding hydrogens is 226 g/mol. The molecule has 2 aromatic rings. The topological polar surface area (TPSA) is 45.4 Å². The smallest absolute Gasteiger partial charge is 0.135 e. The molecule has 3 rings (SSSR count). The number of rotatable bonds is 2. The standard InChI is InChI=1S/C15H19NO2/c1-10-5-6-13-11(8-10)9-14(18-13)15(17)12-4-2-3-7-16-12/h5-6,8-9,12,15-17H,2-4,7H2,1H3. The molecular formula is C15H19NO2. The number of hydrogen-bond donors (Lipinski definition) is 2. The van der Waals surface area contributed by atoms with E-state index in [9.17, 15) is 5.11 Å². The van der Waals surface area contributed by atoms with Crippen molar-refractivity contribution in [2.75, 3.05) is 6.54 Å². The Balaban J connectivity index is 1.88. The van der Waals surface area contributed by atoms with Crippen LogP contribution in [-0.2, 0) is 0 Å². The fourth-order valence-electron chi connectivity index (χ4n) is 2.68. The number of fused-ring (bicyclic) bond motifs is 1. The average molecular weight is 245 g/mol. The molecule has 1 fully saturated rings. The lowest BCUT2D eigenvalue weighted by Gasteiger charge is -2.26. The highest BCUT2D eigenvalue weighted by Crippen LogP contribution is 2.28. The first-order valence-electron chi connectivity index (χ1n) is 6.65. The van der Waals surface area contributed by atoms with E-state index in [1.807, 2.05) is 18.2 Å². The van der Waals surface area contributed by atoms with Crippen molar-refractivity contribution in [3.05, 3.63) is 35.6 Å². The first-order valence-corrected chi connectivity index (χ1v) is 6.65. The van der Waals surface area contributed by atoms with Gasteiger partial charge in [-0.25, -0.2) is 0 Å². The van der Waals surface area contributed by atoms with Gasteiger partial charge in [-0.05, 0) is 44.5 Å². The number of piperidine rings is 1. The number of hydrogen-bond acceptors (Lipinski definition) is 3. The maximum absolute atomic E-state index is 10.4. The van der Waals surface area contributed by atoms with Crippen LogP contribution in [0, 0.1) is 6.92 Å². The monoisotopic (exact) mass is 245 g/mol. The summed E-state index contributed by atoms with van der Waals surface area (Å²) >= 11 is 0. The molecule has 1 aromatic heterocycles. The Morgan fingerprint density at radius 1 is 1.33 bits per heavy atom. The molecule has 2 heterocycles. The van der Waals surface area contributed by atoms with Crippen LogP contribution < -0.4 is 5.32 Å². The molecule has 1 saturated heterocycles. The zero-order chi connectivity index (χ0) is 12.5. The molecule has 0 bridgehead atoms. The van der Waals surface area contributed by atoms with Gasteiger partial charge in [0.1, 0.15) is 17.4 Å². The summed E-state index contributed by atoms with van der Waals surface area (Å²) in [6.07, 6.45) is 2.84. The second kappa shape index (κ2) is 4.75. The largest absolute Gasteiger partial charge is 0.458 e. The van der Waals surface area contributed by atoms with Crippen LogP contribution in [0.2, 0.25) is 0 Å². The van der Waals surface area contributed by atoms with Gasteiger partial charge in [0.05, 0.1) is 0 Å². The predicted octanol–water partition coefficient (Wildman–Crippen LogP) is 2.92. The normalized spacial score (nSPS) is 22.2. The van der Waals surface area contributed by atoms with Gasteiger partial charge in [0.2, 0.25) is 0 Å². The van der Waals surface area contributed by atoms with Crippen molar-refractivity contribution in [2.24, 2.45) is 0 Å². The third-order valence-electron chi connectivity index (χ3n) is 3.71. The molecule has 2 N–H and O–H groups in total. The van der Waals surface area contributed by atoms with E-state index in [0.717, 1.165) is 23.9 Å². The highest BCUT2D eigenvalue weighted by atomic mass is 16.4. The fourth-order valence-corrected chi connectivity index (χ4v) is 2.68. The van der Waals surface area contributed by atoms with E-state index in [2.05, 4.69) is 18.3 Å². The Hall–Kier alpha value is -1.32. The Bertz CT molecular complexity index is 540. The van der Waals surface area contributed by atoms with Crippen molar-refractivity contribution in [3.63, 3.8) is 0 Å². The summed E-state index contributed by atoms with van der Waals surface area (Å²) in [6.45, 7) is 3.05. The maximum atomic E-state index is 10.4. The third kappa shape index (κ3) is 2.16. The number of nitrogens with one attached hydrogen (secondary N) is 1. The third-order valence-corrected chi connectivity index (χ3v) is 3.71. The highest BCUT2D eigenvalue weighted by Gasteiger charge is 2.25. The van der Waals surface area contributed by atoms with E-state index in [0.29, 0.717) is 5.76 Å². The SMILES string of the molecule is Cc1ccc2oc(C(O)C3CCCCN3)cc2c1. The molecule has 3 nitrogen and oxygen atoms in total. The number of aryl methyl sites for hydroxylation is 1. The molecule has 18 heavy (non-hydrogen) atoms. The summed E-state index contributed by atoms with van der Waals surface area (Å²) in [7, 11) is 0. The maximum Gasteiger partial charge on any atom is 0.135 e. The molecule has 96 valence electrons. The highest BCUT2D eigenvalue weighted by molar-refractivity contribution is 5.78. The van der Waals surface area contributed by atoms with E-state index in [4.69, 9.17) is 4.42 Å². The molecule has 0 amide bonds. The van der Waals surface area contributed by atoms with Gasteiger partial charge in [0.15, 0.2) is 0 Å². The second-order valence-electron chi connectivity index (χ2n) is 5.19.